The van der Waals surface area contributed by atoms with Crippen molar-refractivity contribution < 1.29 is 19.8 Å². The SMILES string of the molecule is CCCCCCCCc1ccc(-n2c(=O)c3c(-c4ccc(C(=O)O)cc4)c4c(=O)n(-c5ccc(CCCCCCCC)cc5)c(=O)c4c(-c4ccc(C(=O)O)cc4)c3c2=O)cc1. The van der Waals surface area contributed by atoms with Crippen LogP contribution in [0, 0.1) is 0 Å². The number of nitrogens with zero attached hydrogens (tertiary/aromatic N) is 2. The van der Waals surface area contributed by atoms with Gasteiger partial charge >= 0.3 is 11.9 Å². The highest BCUT2D eigenvalue weighted by molar-refractivity contribution is 6.21. The minimum absolute atomic E-state index is 0.0349. The Kier molecular flexibility index (Phi) is 13.6. The van der Waals surface area contributed by atoms with E-state index in [0.29, 0.717) is 11.4 Å². The van der Waals surface area contributed by atoms with Gasteiger partial charge in [0.15, 0.2) is 0 Å². The molecule has 2 N–H and O–H groups in total. The average Bonchev–Trinajstić information content (AvgIpc) is 3.69. The second kappa shape index (κ2) is 19.4. The quantitative estimate of drug-likeness (QED) is 0.0720. The van der Waals surface area contributed by atoms with Crippen LogP contribution in [-0.2, 0) is 12.8 Å². The Morgan fingerprint density at radius 2 is 0.694 bits per heavy atom. The van der Waals surface area contributed by atoms with E-state index in [1.807, 2.05) is 24.3 Å². The maximum absolute atomic E-state index is 14.9. The van der Waals surface area contributed by atoms with Gasteiger partial charge in [0.2, 0.25) is 0 Å². The summed E-state index contributed by atoms with van der Waals surface area (Å²) in [5.41, 5.74) is 0.433. The van der Waals surface area contributed by atoms with Gasteiger partial charge in [-0.15, -0.1) is 0 Å². The van der Waals surface area contributed by atoms with E-state index < -0.39 is 34.2 Å². The van der Waals surface area contributed by atoms with E-state index in [-0.39, 0.29) is 54.9 Å². The van der Waals surface area contributed by atoms with Crippen molar-refractivity contribution in [2.24, 2.45) is 0 Å². The van der Waals surface area contributed by atoms with E-state index in [9.17, 15) is 39.0 Å². The van der Waals surface area contributed by atoms with E-state index in [0.717, 1.165) is 58.8 Å². The van der Waals surface area contributed by atoms with Gasteiger partial charge in [-0.2, -0.15) is 0 Å². The predicted octanol–water partition coefficient (Wildman–Crippen LogP) is 10.4. The normalized spacial score (nSPS) is 11.5. The summed E-state index contributed by atoms with van der Waals surface area (Å²) in [6.07, 6.45) is 15.5. The lowest BCUT2D eigenvalue weighted by Crippen LogP contribution is -2.24. The minimum atomic E-state index is -1.18. The van der Waals surface area contributed by atoms with Crippen LogP contribution < -0.4 is 22.2 Å². The van der Waals surface area contributed by atoms with Crippen molar-refractivity contribution in [1.29, 1.82) is 0 Å². The molecule has 5 aromatic carbocycles. The summed E-state index contributed by atoms with van der Waals surface area (Å²) >= 11 is 0. The monoisotopic (exact) mass is 832 g/mol. The van der Waals surface area contributed by atoms with Crippen LogP contribution in [0.1, 0.15) is 123 Å². The molecular formula is C52H52N2O8. The molecule has 0 saturated carbocycles. The molecule has 318 valence electrons. The summed E-state index contributed by atoms with van der Waals surface area (Å²) < 4.78 is 2.10. The topological polar surface area (TPSA) is 153 Å². The molecule has 0 aliphatic heterocycles. The molecule has 0 aliphatic rings. The molecule has 0 amide bonds. The van der Waals surface area contributed by atoms with Gasteiger partial charge in [0.05, 0.1) is 44.0 Å². The molecule has 0 atom stereocenters. The number of unbranched alkanes of at least 4 members (excludes halogenated alkanes) is 10. The zero-order valence-corrected chi connectivity index (χ0v) is 35.4. The molecule has 0 saturated heterocycles. The first-order chi connectivity index (χ1) is 30.0. The Bertz CT molecular complexity index is 2650. The van der Waals surface area contributed by atoms with Crippen molar-refractivity contribution in [1.82, 2.24) is 9.13 Å². The van der Waals surface area contributed by atoms with Crippen LogP contribution in [0.4, 0.5) is 0 Å². The number of aromatic nitrogens is 2. The summed E-state index contributed by atoms with van der Waals surface area (Å²) in [7, 11) is 0. The summed E-state index contributed by atoms with van der Waals surface area (Å²) in [6.45, 7) is 4.37. The predicted molar refractivity (Wildman–Crippen MR) is 247 cm³/mol. The molecule has 10 heteroatoms. The van der Waals surface area contributed by atoms with Gasteiger partial charge in [-0.3, -0.25) is 19.2 Å². The Balaban J connectivity index is 1.45. The molecule has 0 bridgehead atoms. The van der Waals surface area contributed by atoms with E-state index in [1.165, 1.54) is 99.9 Å². The fourth-order valence-electron chi connectivity index (χ4n) is 8.68. The Labute approximate surface area is 359 Å². The van der Waals surface area contributed by atoms with Gasteiger partial charge in [-0.1, -0.05) is 127 Å². The Morgan fingerprint density at radius 3 is 0.984 bits per heavy atom. The zero-order valence-electron chi connectivity index (χ0n) is 35.4. The van der Waals surface area contributed by atoms with Crippen molar-refractivity contribution in [2.45, 2.75) is 104 Å². The number of hydrogen-bond donors (Lipinski definition) is 2. The van der Waals surface area contributed by atoms with E-state index in [4.69, 9.17) is 0 Å². The number of fused-ring (bicyclic) bond motifs is 2. The molecule has 0 unspecified atom stereocenters. The molecule has 0 spiro atoms. The maximum Gasteiger partial charge on any atom is 0.335 e. The summed E-state index contributed by atoms with van der Waals surface area (Å²) in [6, 6.07) is 25.7. The molecule has 62 heavy (non-hydrogen) atoms. The second-order valence-electron chi connectivity index (χ2n) is 16.3. The van der Waals surface area contributed by atoms with Gasteiger partial charge in [-0.25, -0.2) is 18.7 Å². The van der Waals surface area contributed by atoms with Gasteiger partial charge in [0, 0.05) is 11.1 Å². The first-order valence-electron chi connectivity index (χ1n) is 21.9. The van der Waals surface area contributed by atoms with Crippen molar-refractivity contribution in [2.75, 3.05) is 0 Å². The number of benzene rings is 5. The number of carboxylic acid groups (broad SMARTS) is 2. The van der Waals surface area contributed by atoms with Crippen molar-refractivity contribution in [3.8, 4) is 33.6 Å². The third kappa shape index (κ3) is 8.73. The van der Waals surface area contributed by atoms with Crippen LogP contribution >= 0.6 is 0 Å². The molecule has 2 heterocycles. The summed E-state index contributed by atoms with van der Waals surface area (Å²) in [5.74, 6) is -2.36. The number of carbonyl (C=O) groups is 2. The van der Waals surface area contributed by atoms with Crippen molar-refractivity contribution in [3.05, 3.63) is 161 Å². The van der Waals surface area contributed by atoms with Crippen LogP contribution in [0.25, 0.3) is 55.2 Å². The highest BCUT2D eigenvalue weighted by Gasteiger charge is 2.31. The van der Waals surface area contributed by atoms with E-state index in [2.05, 4.69) is 13.8 Å². The molecule has 0 aliphatic carbocycles. The van der Waals surface area contributed by atoms with Gasteiger partial charge < -0.3 is 10.2 Å². The third-order valence-electron chi connectivity index (χ3n) is 12.0. The lowest BCUT2D eigenvalue weighted by atomic mass is 9.89. The number of hydrogen-bond acceptors (Lipinski definition) is 6. The summed E-state index contributed by atoms with van der Waals surface area (Å²) in [5, 5.41) is 19.0. The van der Waals surface area contributed by atoms with Gasteiger partial charge in [0.1, 0.15) is 0 Å². The molecule has 0 fully saturated rings. The number of aryl methyl sites for hydroxylation is 2. The fraction of sp³-hybridized carbons (Fsp3) is 0.308. The molecule has 0 radical (unpaired) electrons. The first kappa shape index (κ1) is 43.4. The average molecular weight is 833 g/mol. The van der Waals surface area contributed by atoms with E-state index >= 15 is 0 Å². The van der Waals surface area contributed by atoms with Crippen LogP contribution in [0.3, 0.4) is 0 Å². The fourth-order valence-corrected chi connectivity index (χ4v) is 8.68. The van der Waals surface area contributed by atoms with Crippen LogP contribution in [0.15, 0.2) is 116 Å². The molecule has 7 aromatic rings. The first-order valence-corrected chi connectivity index (χ1v) is 21.9. The van der Waals surface area contributed by atoms with E-state index in [1.54, 1.807) is 24.3 Å². The molecule has 10 nitrogen and oxygen atoms in total. The Morgan fingerprint density at radius 1 is 0.403 bits per heavy atom. The second-order valence-corrected chi connectivity index (χ2v) is 16.3. The lowest BCUT2D eigenvalue weighted by molar-refractivity contribution is 0.0686. The smallest absolute Gasteiger partial charge is 0.335 e. The third-order valence-corrected chi connectivity index (χ3v) is 12.0. The van der Waals surface area contributed by atoms with Crippen LogP contribution in [0.5, 0.6) is 0 Å². The van der Waals surface area contributed by atoms with Crippen LogP contribution in [0.2, 0.25) is 0 Å². The molecule has 7 rings (SSSR count). The molecular weight excluding hydrogens is 781 g/mol. The number of carboxylic acids is 2. The van der Waals surface area contributed by atoms with Gasteiger partial charge in [-0.05, 0) is 96.5 Å². The van der Waals surface area contributed by atoms with Crippen molar-refractivity contribution in [3.63, 3.8) is 0 Å². The minimum Gasteiger partial charge on any atom is -0.478 e. The van der Waals surface area contributed by atoms with Crippen molar-refractivity contribution >= 4 is 33.5 Å². The largest absolute Gasteiger partial charge is 0.478 e. The zero-order chi connectivity index (χ0) is 43.9. The Hall–Kier alpha value is -6.68. The summed E-state index contributed by atoms with van der Waals surface area (Å²) in [4.78, 5) is 83.6. The number of aromatic carboxylic acids is 2. The number of rotatable bonds is 20. The highest BCUT2D eigenvalue weighted by Crippen LogP contribution is 2.40. The van der Waals surface area contributed by atoms with Gasteiger partial charge in [0.25, 0.3) is 22.2 Å². The molecule has 2 aromatic heterocycles. The standard InChI is InChI=1S/C52H52N2O8/c1-3-5-7-9-11-13-15-33-17-29-39(30-18-33)53-47(55)43-41(35-21-25-37(26-22-35)51(59)60)45-46(42(44(43)48(53)56)36-23-27-38(28-24-36)52(61)62)50(58)54(49(45)57)40-31-19-34(20-32-40)16-14-12-10-8-6-4-2/h17-32H,3-16H2,1-2H3,(H,59,60)(H,61,62). The van der Waals surface area contributed by atoms with Crippen LogP contribution in [-0.4, -0.2) is 31.3 Å². The maximum atomic E-state index is 14.9. The lowest BCUT2D eigenvalue weighted by Gasteiger charge is -2.11. The highest BCUT2D eigenvalue weighted by atomic mass is 16.4.